The zero-order valence-electron chi connectivity index (χ0n) is 20.9. The molecule has 1 aliphatic rings. The Morgan fingerprint density at radius 2 is 1.60 bits per heavy atom. The van der Waals surface area contributed by atoms with Crippen molar-refractivity contribution in [3.63, 3.8) is 0 Å². The lowest BCUT2D eigenvalue weighted by atomic mass is 9.85. The molecule has 4 rings (SSSR count). The fraction of sp³-hybridized carbons (Fsp3) is 0.267. The second-order valence-electron chi connectivity index (χ2n) is 10.2. The molecule has 0 spiro atoms. The number of amides is 1. The van der Waals surface area contributed by atoms with Gasteiger partial charge in [-0.2, -0.15) is 0 Å². The van der Waals surface area contributed by atoms with Gasteiger partial charge >= 0.3 is 0 Å². The highest BCUT2D eigenvalue weighted by Crippen LogP contribution is 2.44. The monoisotopic (exact) mass is 487 g/mol. The largest absolute Gasteiger partial charge is 0.507 e. The number of rotatable bonds is 3. The molecule has 1 N–H and O–H groups in total. The number of Topliss-reactive ketones (excluding diaryl/α,β-unsaturated/α-hetero) is 1. The Bertz CT molecular complexity index is 1360. The molecule has 1 fully saturated rings. The van der Waals surface area contributed by atoms with Crippen LogP contribution in [0.15, 0.2) is 66.2 Å². The minimum atomic E-state index is -0.791. The van der Waals surface area contributed by atoms with E-state index in [9.17, 15) is 14.7 Å². The topological polar surface area (TPSA) is 57.6 Å². The van der Waals surface area contributed by atoms with E-state index < -0.39 is 17.7 Å². The number of aliphatic hydroxyl groups is 1. The van der Waals surface area contributed by atoms with E-state index in [1.807, 2.05) is 63.2 Å². The van der Waals surface area contributed by atoms with Crippen LogP contribution in [0.25, 0.3) is 5.76 Å². The minimum absolute atomic E-state index is 0.0530. The van der Waals surface area contributed by atoms with E-state index in [1.165, 1.54) is 4.90 Å². The van der Waals surface area contributed by atoms with Crippen molar-refractivity contribution in [3.05, 3.63) is 105 Å². The summed E-state index contributed by atoms with van der Waals surface area (Å²) in [5, 5.41) is 12.0. The molecule has 0 aromatic heterocycles. The Hall–Kier alpha value is -3.37. The first-order valence-corrected chi connectivity index (χ1v) is 12.0. The van der Waals surface area contributed by atoms with Gasteiger partial charge in [0.1, 0.15) is 5.76 Å². The maximum atomic E-state index is 13.5. The summed E-state index contributed by atoms with van der Waals surface area (Å²) in [7, 11) is 0. The number of hydrogen-bond donors (Lipinski definition) is 1. The fourth-order valence-corrected chi connectivity index (χ4v) is 4.72. The zero-order chi connectivity index (χ0) is 25.7. The third-order valence-electron chi connectivity index (χ3n) is 6.68. The van der Waals surface area contributed by atoms with Gasteiger partial charge < -0.3 is 5.11 Å². The maximum absolute atomic E-state index is 13.5. The molecule has 1 amide bonds. The van der Waals surface area contributed by atoms with Crippen molar-refractivity contribution in [2.75, 3.05) is 4.90 Å². The summed E-state index contributed by atoms with van der Waals surface area (Å²) in [4.78, 5) is 28.4. The summed E-state index contributed by atoms with van der Waals surface area (Å²) in [6, 6.07) is 18.1. The predicted molar refractivity (Wildman–Crippen MR) is 142 cm³/mol. The molecule has 1 saturated heterocycles. The first-order chi connectivity index (χ1) is 16.4. The lowest BCUT2D eigenvalue weighted by Gasteiger charge is -2.28. The van der Waals surface area contributed by atoms with Crippen LogP contribution in [0.4, 0.5) is 5.69 Å². The normalized spacial score (nSPS) is 17.8. The second kappa shape index (κ2) is 9.01. The number of anilines is 1. The fourth-order valence-electron chi connectivity index (χ4n) is 4.55. The van der Waals surface area contributed by atoms with Gasteiger partial charge in [0, 0.05) is 16.3 Å². The number of benzene rings is 3. The number of hydrogen-bond acceptors (Lipinski definition) is 3. The Morgan fingerprint density at radius 3 is 2.23 bits per heavy atom. The minimum Gasteiger partial charge on any atom is -0.507 e. The van der Waals surface area contributed by atoms with E-state index in [1.54, 1.807) is 18.2 Å². The van der Waals surface area contributed by atoms with Crippen LogP contribution in [-0.4, -0.2) is 16.8 Å². The molecular formula is C30H30ClNO3. The SMILES string of the molecule is Cc1ccc(C)c(/C(O)=C2\C(=O)C(=O)N(c3cccc(Cl)c3C)C2c2ccc(C(C)(C)C)cc2)c1. The molecule has 0 radical (unpaired) electrons. The molecule has 35 heavy (non-hydrogen) atoms. The molecule has 1 unspecified atom stereocenters. The number of aliphatic hydroxyl groups excluding tert-OH is 1. The molecular weight excluding hydrogens is 458 g/mol. The van der Waals surface area contributed by atoms with Gasteiger partial charge in [-0.05, 0) is 66.6 Å². The summed E-state index contributed by atoms with van der Waals surface area (Å²) in [6.07, 6.45) is 0. The van der Waals surface area contributed by atoms with E-state index in [0.29, 0.717) is 21.8 Å². The highest BCUT2D eigenvalue weighted by Gasteiger charge is 2.47. The summed E-state index contributed by atoms with van der Waals surface area (Å²) in [5.41, 5.74) is 5.44. The van der Waals surface area contributed by atoms with E-state index in [0.717, 1.165) is 22.3 Å². The van der Waals surface area contributed by atoms with Crippen LogP contribution >= 0.6 is 11.6 Å². The molecule has 5 heteroatoms. The quantitative estimate of drug-likeness (QED) is 0.241. The van der Waals surface area contributed by atoms with Gasteiger partial charge in [0.2, 0.25) is 0 Å². The molecule has 0 bridgehead atoms. The summed E-state index contributed by atoms with van der Waals surface area (Å²) in [6.45, 7) is 12.0. The van der Waals surface area contributed by atoms with Gasteiger partial charge in [-0.3, -0.25) is 14.5 Å². The van der Waals surface area contributed by atoms with E-state index in [-0.39, 0.29) is 16.7 Å². The van der Waals surface area contributed by atoms with Gasteiger partial charge in [0.05, 0.1) is 11.6 Å². The first kappa shape index (κ1) is 24.7. The van der Waals surface area contributed by atoms with Crippen molar-refractivity contribution in [3.8, 4) is 0 Å². The maximum Gasteiger partial charge on any atom is 0.300 e. The lowest BCUT2D eigenvalue weighted by molar-refractivity contribution is -0.132. The highest BCUT2D eigenvalue weighted by atomic mass is 35.5. The highest BCUT2D eigenvalue weighted by molar-refractivity contribution is 6.52. The van der Waals surface area contributed by atoms with Crippen LogP contribution in [0, 0.1) is 20.8 Å². The van der Waals surface area contributed by atoms with Crippen LogP contribution in [0.5, 0.6) is 0 Å². The van der Waals surface area contributed by atoms with Gasteiger partial charge in [-0.15, -0.1) is 0 Å². The Morgan fingerprint density at radius 1 is 0.943 bits per heavy atom. The van der Waals surface area contributed by atoms with E-state index in [4.69, 9.17) is 11.6 Å². The van der Waals surface area contributed by atoms with E-state index in [2.05, 4.69) is 20.8 Å². The number of carbonyl (C=O) groups excluding carboxylic acids is 2. The third kappa shape index (κ3) is 4.39. The van der Waals surface area contributed by atoms with Crippen LogP contribution in [-0.2, 0) is 15.0 Å². The van der Waals surface area contributed by atoms with Gasteiger partial charge in [0.15, 0.2) is 0 Å². The Kier molecular flexibility index (Phi) is 6.37. The van der Waals surface area contributed by atoms with Gasteiger partial charge in [-0.25, -0.2) is 0 Å². The first-order valence-electron chi connectivity index (χ1n) is 11.7. The summed E-state index contributed by atoms with van der Waals surface area (Å²) < 4.78 is 0. The predicted octanol–water partition coefficient (Wildman–Crippen LogP) is 7.19. The summed E-state index contributed by atoms with van der Waals surface area (Å²) >= 11 is 6.39. The molecule has 0 saturated carbocycles. The van der Waals surface area contributed by atoms with Crippen molar-refractivity contribution >= 4 is 34.7 Å². The number of ketones is 1. The number of halogens is 1. The molecule has 1 atom stereocenters. The van der Waals surface area contributed by atoms with Crippen molar-refractivity contribution in [2.24, 2.45) is 0 Å². The second-order valence-corrected chi connectivity index (χ2v) is 10.7. The number of carbonyl (C=O) groups is 2. The van der Waals surface area contributed by atoms with Crippen LogP contribution in [0.1, 0.15) is 60.2 Å². The molecule has 1 aliphatic heterocycles. The van der Waals surface area contributed by atoms with Crippen molar-refractivity contribution in [1.29, 1.82) is 0 Å². The molecule has 3 aromatic rings. The average Bonchev–Trinajstić information content (AvgIpc) is 3.07. The van der Waals surface area contributed by atoms with Crippen LogP contribution in [0.2, 0.25) is 5.02 Å². The van der Waals surface area contributed by atoms with Crippen molar-refractivity contribution in [2.45, 2.75) is 53.0 Å². The molecule has 3 aromatic carbocycles. The van der Waals surface area contributed by atoms with Gasteiger partial charge in [-0.1, -0.05) is 80.4 Å². The molecule has 180 valence electrons. The summed E-state index contributed by atoms with van der Waals surface area (Å²) in [5.74, 6) is -1.57. The number of aryl methyl sites for hydroxylation is 2. The Balaban J connectivity index is 2.00. The molecule has 1 heterocycles. The Labute approximate surface area is 211 Å². The average molecular weight is 488 g/mol. The lowest BCUT2D eigenvalue weighted by Crippen LogP contribution is -2.30. The van der Waals surface area contributed by atoms with Crippen molar-refractivity contribution in [1.82, 2.24) is 0 Å². The third-order valence-corrected chi connectivity index (χ3v) is 7.09. The molecule has 0 aliphatic carbocycles. The van der Waals surface area contributed by atoms with Gasteiger partial charge in [0.25, 0.3) is 11.7 Å². The van der Waals surface area contributed by atoms with Crippen LogP contribution < -0.4 is 4.90 Å². The zero-order valence-corrected chi connectivity index (χ0v) is 21.7. The van der Waals surface area contributed by atoms with Crippen LogP contribution in [0.3, 0.4) is 0 Å². The molecule has 4 nitrogen and oxygen atoms in total. The number of nitrogens with zero attached hydrogens (tertiary/aromatic N) is 1. The van der Waals surface area contributed by atoms with E-state index >= 15 is 0 Å². The standard InChI is InChI=1S/C30H30ClNO3/c1-17-10-11-18(2)22(16-17)27(33)25-26(20-12-14-21(15-13-20)30(4,5)6)32(29(35)28(25)34)24-9-7-8-23(31)19(24)3/h7-16,26,33H,1-6H3/b27-25+. The van der Waals surface area contributed by atoms with Crippen molar-refractivity contribution < 1.29 is 14.7 Å². The smallest absolute Gasteiger partial charge is 0.300 e.